The minimum atomic E-state index is -4.48. The summed E-state index contributed by atoms with van der Waals surface area (Å²) in [6, 6.07) is 14.1. The summed E-state index contributed by atoms with van der Waals surface area (Å²) in [5, 5.41) is 7.35. The Kier molecular flexibility index (Phi) is 9.00. The van der Waals surface area contributed by atoms with E-state index in [1.807, 2.05) is 0 Å². The highest BCUT2D eigenvalue weighted by molar-refractivity contribution is 8.00. The summed E-state index contributed by atoms with van der Waals surface area (Å²) in [6.45, 7) is -0.569. The van der Waals surface area contributed by atoms with E-state index in [0.29, 0.717) is 10.6 Å². The van der Waals surface area contributed by atoms with Crippen LogP contribution in [-0.4, -0.2) is 50.6 Å². The number of carbonyl (C=O) groups excluding carboxylic acids is 4. The fraction of sp³-hybridized carbons (Fsp3) is 0.138. The smallest absolute Gasteiger partial charge is 0.416 e. The number of thioether (sulfide) groups is 1. The number of Topliss-reactive ketones (excluding diaryl/α,β-unsaturated/α-hetero) is 1. The number of rotatable bonds is 8. The van der Waals surface area contributed by atoms with Gasteiger partial charge in [0, 0.05) is 22.6 Å². The second-order valence-corrected chi connectivity index (χ2v) is 11.3. The maximum atomic E-state index is 13.1. The van der Waals surface area contributed by atoms with Gasteiger partial charge in [-0.15, -0.1) is 5.10 Å². The molecule has 1 saturated heterocycles. The van der Waals surface area contributed by atoms with Crippen LogP contribution in [0, 0.1) is 0 Å². The average Bonchev–Trinajstić information content (AvgIpc) is 3.27. The third-order valence-corrected chi connectivity index (χ3v) is 7.91. The minimum Gasteiger partial charge on any atom is -0.454 e. The number of imide groups is 1. The molecule has 224 valence electrons. The first kappa shape index (κ1) is 31.1. The highest BCUT2D eigenvalue weighted by Gasteiger charge is 2.41. The first-order valence-electron chi connectivity index (χ1n) is 12.6. The standard InChI is InChI=1S/C29H17Cl2F3N4O5S/c30-18-7-10-20(21(31)11-18)23(39)14-43-27(42)16-3-8-19(9-4-16)38-25(40)12-24(26(38)41)44-28-36-22(13-35-37-28)15-1-5-17(6-2-15)29(32,33)34/h1-11,13,24H,12,14H2. The molecule has 0 radical (unpaired) electrons. The molecule has 0 saturated carbocycles. The number of amides is 2. The van der Waals surface area contributed by atoms with E-state index >= 15 is 0 Å². The average molecular weight is 661 g/mol. The molecule has 1 atom stereocenters. The fourth-order valence-electron chi connectivity index (χ4n) is 4.16. The van der Waals surface area contributed by atoms with E-state index in [-0.39, 0.29) is 39.1 Å². The third kappa shape index (κ3) is 6.90. The quantitative estimate of drug-likeness (QED) is 0.121. The molecule has 0 aliphatic carbocycles. The van der Waals surface area contributed by atoms with Crippen molar-refractivity contribution < 1.29 is 37.1 Å². The molecule has 1 aliphatic rings. The number of alkyl halides is 3. The van der Waals surface area contributed by atoms with Gasteiger partial charge in [0.2, 0.25) is 22.8 Å². The summed E-state index contributed by atoms with van der Waals surface area (Å²) in [5.74, 6) is -2.39. The predicted octanol–water partition coefficient (Wildman–Crippen LogP) is 6.33. The van der Waals surface area contributed by atoms with Gasteiger partial charge in [0.15, 0.2) is 6.61 Å². The van der Waals surface area contributed by atoms with Gasteiger partial charge in [0.1, 0.15) is 5.25 Å². The number of ether oxygens (including phenoxy) is 1. The summed E-state index contributed by atoms with van der Waals surface area (Å²) < 4.78 is 43.7. The number of hydrogen-bond acceptors (Lipinski definition) is 9. The number of halogens is 5. The zero-order chi connectivity index (χ0) is 31.6. The van der Waals surface area contributed by atoms with Gasteiger partial charge >= 0.3 is 12.1 Å². The Hall–Kier alpha value is -4.33. The van der Waals surface area contributed by atoms with E-state index in [2.05, 4.69) is 15.2 Å². The van der Waals surface area contributed by atoms with Crippen LogP contribution in [0.5, 0.6) is 0 Å². The summed E-state index contributed by atoms with van der Waals surface area (Å²) >= 11 is 12.7. The zero-order valence-electron chi connectivity index (χ0n) is 22.0. The van der Waals surface area contributed by atoms with Crippen molar-refractivity contribution in [3.8, 4) is 11.3 Å². The van der Waals surface area contributed by atoms with E-state index in [1.54, 1.807) is 0 Å². The molecular formula is C29H17Cl2F3N4O5S. The Morgan fingerprint density at radius 2 is 1.70 bits per heavy atom. The van der Waals surface area contributed by atoms with Gasteiger partial charge in [0.05, 0.1) is 33.7 Å². The number of nitrogens with zero attached hydrogens (tertiary/aromatic N) is 4. The van der Waals surface area contributed by atoms with E-state index in [1.165, 1.54) is 60.8 Å². The van der Waals surface area contributed by atoms with Crippen molar-refractivity contribution in [3.05, 3.63) is 99.7 Å². The number of ketones is 1. The summed E-state index contributed by atoms with van der Waals surface area (Å²) in [4.78, 5) is 56.0. The molecule has 9 nitrogen and oxygen atoms in total. The number of aromatic nitrogens is 3. The van der Waals surface area contributed by atoms with Crippen molar-refractivity contribution in [1.29, 1.82) is 0 Å². The van der Waals surface area contributed by atoms with Crippen molar-refractivity contribution in [1.82, 2.24) is 15.2 Å². The molecule has 1 aliphatic heterocycles. The lowest BCUT2D eigenvalue weighted by Gasteiger charge is -2.15. The van der Waals surface area contributed by atoms with Crippen molar-refractivity contribution >= 4 is 64.2 Å². The van der Waals surface area contributed by atoms with Gasteiger partial charge in [-0.1, -0.05) is 47.1 Å². The summed E-state index contributed by atoms with van der Waals surface area (Å²) in [7, 11) is 0. The van der Waals surface area contributed by atoms with Crippen LogP contribution in [0.2, 0.25) is 10.0 Å². The number of benzene rings is 3. The van der Waals surface area contributed by atoms with Gasteiger partial charge in [-0.2, -0.15) is 18.3 Å². The highest BCUT2D eigenvalue weighted by atomic mass is 35.5. The van der Waals surface area contributed by atoms with E-state index in [9.17, 15) is 32.3 Å². The highest BCUT2D eigenvalue weighted by Crippen LogP contribution is 2.34. The van der Waals surface area contributed by atoms with Gasteiger partial charge in [-0.25, -0.2) is 14.7 Å². The van der Waals surface area contributed by atoms with Crippen LogP contribution in [0.25, 0.3) is 11.3 Å². The topological polar surface area (TPSA) is 119 Å². The van der Waals surface area contributed by atoms with Gasteiger partial charge in [0.25, 0.3) is 0 Å². The third-order valence-electron chi connectivity index (χ3n) is 6.33. The second kappa shape index (κ2) is 12.7. The molecule has 5 rings (SSSR count). The molecular weight excluding hydrogens is 644 g/mol. The SMILES string of the molecule is O=C(OCC(=O)c1ccc(Cl)cc1Cl)c1ccc(N2C(=O)CC(Sc3nncc(-c4ccc(C(F)(F)F)cc4)n3)C2=O)cc1. The van der Waals surface area contributed by atoms with Crippen LogP contribution in [0.4, 0.5) is 18.9 Å². The van der Waals surface area contributed by atoms with E-state index in [0.717, 1.165) is 28.8 Å². The van der Waals surface area contributed by atoms with Crippen molar-refractivity contribution in [2.75, 3.05) is 11.5 Å². The molecule has 4 aromatic rings. The van der Waals surface area contributed by atoms with Crippen LogP contribution in [0.3, 0.4) is 0 Å². The molecule has 1 aromatic heterocycles. The van der Waals surface area contributed by atoms with E-state index in [4.69, 9.17) is 27.9 Å². The molecule has 15 heteroatoms. The summed E-state index contributed by atoms with van der Waals surface area (Å²) in [5.41, 5.74) is 0.222. The Morgan fingerprint density at radius 3 is 2.36 bits per heavy atom. The van der Waals surface area contributed by atoms with Crippen molar-refractivity contribution in [2.24, 2.45) is 0 Å². The second-order valence-electron chi connectivity index (χ2n) is 9.25. The monoisotopic (exact) mass is 660 g/mol. The number of carbonyl (C=O) groups is 4. The van der Waals surface area contributed by atoms with Crippen LogP contribution in [0.15, 0.2) is 78.1 Å². The Bertz CT molecular complexity index is 1770. The van der Waals surface area contributed by atoms with Crippen LogP contribution >= 0.6 is 35.0 Å². The van der Waals surface area contributed by atoms with Crippen molar-refractivity contribution in [2.45, 2.75) is 23.0 Å². The minimum absolute atomic E-state index is 0.0583. The van der Waals surface area contributed by atoms with Crippen molar-refractivity contribution in [3.63, 3.8) is 0 Å². The van der Waals surface area contributed by atoms with Crippen LogP contribution in [-0.2, 0) is 20.5 Å². The Morgan fingerprint density at radius 1 is 1.00 bits per heavy atom. The normalized spacial score (nSPS) is 15.0. The lowest BCUT2D eigenvalue weighted by molar-refractivity contribution is -0.137. The molecule has 1 fully saturated rings. The van der Waals surface area contributed by atoms with E-state index < -0.39 is 47.2 Å². The zero-order valence-corrected chi connectivity index (χ0v) is 24.4. The molecule has 2 amide bonds. The molecule has 3 aromatic carbocycles. The van der Waals surface area contributed by atoms with Gasteiger partial charge in [-0.05, 0) is 54.6 Å². The predicted molar refractivity (Wildman–Crippen MR) is 155 cm³/mol. The first-order chi connectivity index (χ1) is 20.9. The Balaban J connectivity index is 1.21. The molecule has 44 heavy (non-hydrogen) atoms. The van der Waals surface area contributed by atoms with Gasteiger partial charge in [-0.3, -0.25) is 14.4 Å². The summed E-state index contributed by atoms with van der Waals surface area (Å²) in [6.07, 6.45) is -3.38. The maximum absolute atomic E-state index is 13.1. The lowest BCUT2D eigenvalue weighted by Crippen LogP contribution is -2.31. The Labute approximate surface area is 261 Å². The largest absolute Gasteiger partial charge is 0.454 e. The van der Waals surface area contributed by atoms with Gasteiger partial charge < -0.3 is 4.74 Å². The lowest BCUT2D eigenvalue weighted by atomic mass is 10.1. The number of esters is 1. The number of hydrogen-bond donors (Lipinski definition) is 0. The molecule has 0 spiro atoms. The van der Waals surface area contributed by atoms with Crippen LogP contribution < -0.4 is 4.90 Å². The fourth-order valence-corrected chi connectivity index (χ4v) is 5.60. The molecule has 1 unspecified atom stereocenters. The first-order valence-corrected chi connectivity index (χ1v) is 14.2. The molecule has 2 heterocycles. The van der Waals surface area contributed by atoms with Crippen LogP contribution in [0.1, 0.15) is 32.7 Å². The molecule has 0 N–H and O–H groups in total. The maximum Gasteiger partial charge on any atom is 0.416 e. The number of anilines is 1. The molecule has 0 bridgehead atoms.